The summed E-state index contributed by atoms with van der Waals surface area (Å²) in [5.41, 5.74) is 4.15. The minimum absolute atomic E-state index is 0.0112. The molecule has 1 aromatic rings. The third-order valence-corrected chi connectivity index (χ3v) is 9.83. The summed E-state index contributed by atoms with van der Waals surface area (Å²) in [5.74, 6) is 1.59. The van der Waals surface area contributed by atoms with E-state index < -0.39 is 0 Å². The lowest BCUT2D eigenvalue weighted by Gasteiger charge is -2.57. The molecular weight excluding hydrogens is 438 g/mol. The lowest BCUT2D eigenvalue weighted by atomic mass is 9.47. The molecule has 3 saturated carbocycles. The monoisotopic (exact) mass is 475 g/mol. The topological polar surface area (TPSA) is 72.5 Å². The maximum Gasteiger partial charge on any atom is 0.303 e. The van der Waals surface area contributed by atoms with E-state index in [1.807, 2.05) is 24.3 Å². The van der Waals surface area contributed by atoms with Crippen LogP contribution in [-0.2, 0) is 14.3 Å². The number of carbonyl (C=O) groups is 3. The first kappa shape index (κ1) is 24.0. The van der Waals surface area contributed by atoms with Crippen LogP contribution in [0, 0.1) is 28.6 Å². The Morgan fingerprint density at radius 2 is 1.71 bits per heavy atom. The van der Waals surface area contributed by atoms with Gasteiger partial charge in [0.15, 0.2) is 5.78 Å². The number of rotatable bonds is 4. The van der Waals surface area contributed by atoms with Crippen LogP contribution in [0.15, 0.2) is 53.3 Å². The van der Waals surface area contributed by atoms with Crippen molar-refractivity contribution in [3.63, 3.8) is 0 Å². The average molecular weight is 476 g/mol. The van der Waals surface area contributed by atoms with Gasteiger partial charge in [0.25, 0.3) is 5.91 Å². The van der Waals surface area contributed by atoms with Crippen LogP contribution in [0.5, 0.6) is 0 Å². The molecule has 186 valence electrons. The fraction of sp³-hybridized carbons (Fsp3) is 0.567. The van der Waals surface area contributed by atoms with Gasteiger partial charge in [0.2, 0.25) is 0 Å². The van der Waals surface area contributed by atoms with Crippen molar-refractivity contribution in [3.8, 4) is 0 Å². The standard InChI is InChI=1S/C30H37NO4/c1-19(32)35-18-27(31-28(34)20-7-5-4-6-8-20)26-12-11-24-23-10-9-21-17-22(33)13-15-29(21,2)25(23)14-16-30(24,26)3/h4-8,17,23-25H,9-16,18H2,1-3H3,(H,31,34)/t23-,24-,25-,29-,30-/m0/s1. The van der Waals surface area contributed by atoms with Crippen LogP contribution < -0.4 is 5.32 Å². The van der Waals surface area contributed by atoms with Crippen LogP contribution in [-0.4, -0.2) is 24.3 Å². The number of fused-ring (bicyclic) bond motifs is 5. The van der Waals surface area contributed by atoms with Crippen LogP contribution in [0.1, 0.15) is 82.5 Å². The summed E-state index contributed by atoms with van der Waals surface area (Å²) in [6, 6.07) is 9.21. The summed E-state index contributed by atoms with van der Waals surface area (Å²) < 4.78 is 5.43. The predicted molar refractivity (Wildman–Crippen MR) is 134 cm³/mol. The van der Waals surface area contributed by atoms with E-state index >= 15 is 0 Å². The molecule has 1 N–H and O–H groups in total. The van der Waals surface area contributed by atoms with Crippen molar-refractivity contribution >= 4 is 17.7 Å². The Balaban J connectivity index is 1.45. The Morgan fingerprint density at radius 1 is 0.971 bits per heavy atom. The van der Waals surface area contributed by atoms with Crippen molar-refractivity contribution in [3.05, 3.63) is 58.8 Å². The molecule has 0 aromatic heterocycles. The largest absolute Gasteiger partial charge is 0.459 e. The normalized spacial score (nSPS) is 35.2. The van der Waals surface area contributed by atoms with Crippen molar-refractivity contribution in [2.24, 2.45) is 28.6 Å². The lowest BCUT2D eigenvalue weighted by Crippen LogP contribution is -2.49. The fourth-order valence-electron chi connectivity index (χ4n) is 8.04. The van der Waals surface area contributed by atoms with Crippen LogP contribution >= 0.6 is 0 Å². The Bertz CT molecular complexity index is 1100. The van der Waals surface area contributed by atoms with E-state index in [0.717, 1.165) is 50.6 Å². The molecule has 4 aliphatic rings. The molecule has 35 heavy (non-hydrogen) atoms. The first-order chi connectivity index (χ1) is 16.7. The van der Waals surface area contributed by atoms with E-state index in [1.165, 1.54) is 18.1 Å². The molecule has 0 aliphatic heterocycles. The number of hydrogen-bond donors (Lipinski definition) is 1. The minimum Gasteiger partial charge on any atom is -0.459 e. The van der Waals surface area contributed by atoms with Crippen molar-refractivity contribution in [2.75, 3.05) is 6.61 Å². The zero-order chi connectivity index (χ0) is 24.8. The molecule has 5 nitrogen and oxygen atoms in total. The van der Waals surface area contributed by atoms with Gasteiger partial charge in [-0.25, -0.2) is 0 Å². The van der Waals surface area contributed by atoms with E-state index in [-0.39, 0.29) is 29.3 Å². The number of hydrogen-bond acceptors (Lipinski definition) is 4. The van der Waals surface area contributed by atoms with Gasteiger partial charge < -0.3 is 10.1 Å². The maximum atomic E-state index is 13.1. The van der Waals surface area contributed by atoms with Crippen molar-refractivity contribution in [1.82, 2.24) is 5.32 Å². The molecule has 5 rings (SSSR count). The average Bonchev–Trinajstić information content (AvgIpc) is 3.19. The third kappa shape index (κ3) is 4.17. The fourth-order valence-corrected chi connectivity index (χ4v) is 8.04. The number of nitrogens with one attached hydrogen (secondary N) is 1. The molecule has 3 fully saturated rings. The summed E-state index contributed by atoms with van der Waals surface area (Å²) in [5, 5.41) is 3.14. The van der Waals surface area contributed by atoms with Gasteiger partial charge in [-0.3, -0.25) is 14.4 Å². The highest BCUT2D eigenvalue weighted by Gasteiger charge is 2.58. The van der Waals surface area contributed by atoms with Crippen LogP contribution in [0.3, 0.4) is 0 Å². The smallest absolute Gasteiger partial charge is 0.303 e. The van der Waals surface area contributed by atoms with Crippen molar-refractivity contribution in [2.45, 2.75) is 72.1 Å². The zero-order valence-corrected chi connectivity index (χ0v) is 21.2. The Morgan fingerprint density at radius 3 is 2.46 bits per heavy atom. The second-order valence-electron chi connectivity index (χ2n) is 11.5. The zero-order valence-electron chi connectivity index (χ0n) is 21.2. The molecular formula is C30H37NO4. The molecule has 0 bridgehead atoms. The van der Waals surface area contributed by atoms with E-state index in [9.17, 15) is 14.4 Å². The number of benzene rings is 1. The molecule has 0 radical (unpaired) electrons. The van der Waals surface area contributed by atoms with Crippen molar-refractivity contribution in [1.29, 1.82) is 0 Å². The van der Waals surface area contributed by atoms with Gasteiger partial charge in [0.05, 0.1) is 5.70 Å². The van der Waals surface area contributed by atoms with Gasteiger partial charge in [-0.15, -0.1) is 0 Å². The van der Waals surface area contributed by atoms with Gasteiger partial charge >= 0.3 is 5.97 Å². The highest BCUT2D eigenvalue weighted by molar-refractivity contribution is 5.95. The molecule has 0 saturated heterocycles. The quantitative estimate of drug-likeness (QED) is 0.562. The van der Waals surface area contributed by atoms with Crippen LogP contribution in [0.2, 0.25) is 0 Å². The van der Waals surface area contributed by atoms with Gasteiger partial charge in [0.1, 0.15) is 6.61 Å². The number of allylic oxidation sites excluding steroid dienone is 2. The first-order valence-electron chi connectivity index (χ1n) is 13.2. The number of ether oxygens (including phenoxy) is 1. The van der Waals surface area contributed by atoms with Crippen LogP contribution in [0.4, 0.5) is 0 Å². The Kier molecular flexibility index (Phi) is 6.23. The third-order valence-electron chi connectivity index (χ3n) is 9.83. The molecule has 1 aromatic carbocycles. The molecule has 1 amide bonds. The predicted octanol–water partition coefficient (Wildman–Crippen LogP) is 5.77. The van der Waals surface area contributed by atoms with Gasteiger partial charge in [-0.05, 0) is 97.3 Å². The molecule has 0 unspecified atom stereocenters. The second kappa shape index (κ2) is 9.07. The molecule has 5 heteroatoms. The molecule has 0 spiro atoms. The van der Waals surface area contributed by atoms with Gasteiger partial charge in [-0.2, -0.15) is 0 Å². The minimum atomic E-state index is -0.341. The Labute approximate surface area is 208 Å². The van der Waals surface area contributed by atoms with E-state index in [2.05, 4.69) is 19.2 Å². The highest BCUT2D eigenvalue weighted by Crippen LogP contribution is 2.66. The SMILES string of the molecule is CC(=O)OCC(NC(=O)c1ccccc1)=C1CC[C@H]2[C@@H]3CCC4=CC(=O)CC[C@]4(C)[C@H]3CC[C@]12C. The summed E-state index contributed by atoms with van der Waals surface area (Å²) in [6.07, 6.45) is 10.0. The second-order valence-corrected chi connectivity index (χ2v) is 11.5. The molecule has 0 heterocycles. The summed E-state index contributed by atoms with van der Waals surface area (Å²) >= 11 is 0. The number of carbonyl (C=O) groups excluding carboxylic acids is 3. The van der Waals surface area contributed by atoms with Gasteiger partial charge in [-0.1, -0.05) is 37.6 Å². The van der Waals surface area contributed by atoms with Gasteiger partial charge in [0, 0.05) is 18.9 Å². The highest BCUT2D eigenvalue weighted by atomic mass is 16.5. The number of ketones is 1. The lowest BCUT2D eigenvalue weighted by molar-refractivity contribution is -0.140. The number of amides is 1. The number of esters is 1. The first-order valence-corrected chi connectivity index (χ1v) is 13.2. The van der Waals surface area contributed by atoms with Crippen molar-refractivity contribution < 1.29 is 19.1 Å². The van der Waals surface area contributed by atoms with E-state index in [1.54, 1.807) is 12.1 Å². The summed E-state index contributed by atoms with van der Waals surface area (Å²) in [7, 11) is 0. The summed E-state index contributed by atoms with van der Waals surface area (Å²) in [6.45, 7) is 6.29. The van der Waals surface area contributed by atoms with E-state index in [4.69, 9.17) is 4.74 Å². The van der Waals surface area contributed by atoms with Crippen LogP contribution in [0.25, 0.3) is 0 Å². The molecule has 5 atom stereocenters. The Hall–Kier alpha value is -2.69. The van der Waals surface area contributed by atoms with E-state index in [0.29, 0.717) is 35.5 Å². The maximum absolute atomic E-state index is 13.1. The molecule has 4 aliphatic carbocycles. The summed E-state index contributed by atoms with van der Waals surface area (Å²) in [4.78, 5) is 36.8.